The average Bonchev–Trinajstić information content (AvgIpc) is 2.07. The molecule has 0 N–H and O–H groups in total. The quantitative estimate of drug-likeness (QED) is 0.274. The summed E-state index contributed by atoms with van der Waals surface area (Å²) in [6, 6.07) is 0.281. The number of hydrogen-bond acceptors (Lipinski definition) is 2. The third-order valence-corrected chi connectivity index (χ3v) is 1.90. The first-order valence-electron chi connectivity index (χ1n) is 1.97. The van der Waals surface area contributed by atoms with Gasteiger partial charge >= 0.3 is 0 Å². The van der Waals surface area contributed by atoms with Crippen molar-refractivity contribution in [2.24, 2.45) is 5.10 Å². The van der Waals surface area contributed by atoms with Crippen LogP contribution in [0.4, 0.5) is 0 Å². The largest absolute Gasteiger partial charge is 0.262 e. The lowest BCUT2D eigenvalue weighted by Crippen LogP contribution is -2.14. The molecule has 7 heavy (non-hydrogen) atoms. The normalized spacial score (nSPS) is 44.3. The first-order valence-corrected chi connectivity index (χ1v) is 2.78. The maximum Gasteiger partial charge on any atom is 0.154 e. The van der Waals surface area contributed by atoms with Crippen molar-refractivity contribution in [3.05, 3.63) is 0 Å². The number of halogens is 2. The fourth-order valence-electron chi connectivity index (χ4n) is 0.645. The van der Waals surface area contributed by atoms with Crippen molar-refractivity contribution in [1.82, 2.24) is 5.01 Å². The van der Waals surface area contributed by atoms with Crippen molar-refractivity contribution in [2.45, 2.75) is 11.5 Å². The summed E-state index contributed by atoms with van der Waals surface area (Å²) < 4.78 is 0. The molecule has 2 heterocycles. The molecule has 0 aromatic rings. The topological polar surface area (TPSA) is 15.4 Å². The Morgan fingerprint density at radius 3 is 2.43 bits per heavy atom. The number of rotatable bonds is 0. The van der Waals surface area contributed by atoms with Crippen LogP contribution in [0.1, 0.15) is 0 Å². The Labute approximate surface area is 50.7 Å². The van der Waals surface area contributed by atoms with E-state index in [4.69, 9.17) is 23.2 Å². The highest BCUT2D eigenvalue weighted by Gasteiger charge is 2.56. The maximum atomic E-state index is 5.57. The monoisotopic (exact) mass is 136 g/mol. The Kier molecular flexibility index (Phi) is 0.515. The van der Waals surface area contributed by atoms with Gasteiger partial charge in [0.1, 0.15) is 11.5 Å². The Bertz CT molecular complexity index is 144. The molecule has 0 amide bonds. The molecule has 2 aliphatic heterocycles. The molecule has 4 heteroatoms. The molecule has 0 spiro atoms. The smallest absolute Gasteiger partial charge is 0.154 e. The van der Waals surface area contributed by atoms with Gasteiger partial charge in [-0.3, -0.25) is 5.01 Å². The number of nitrogens with zero attached hydrogens (tertiary/aromatic N) is 2. The zero-order valence-electron chi connectivity index (χ0n) is 3.31. The van der Waals surface area contributed by atoms with E-state index >= 15 is 0 Å². The van der Waals surface area contributed by atoms with Crippen LogP contribution < -0.4 is 0 Å². The van der Waals surface area contributed by atoms with Crippen molar-refractivity contribution in [1.29, 1.82) is 0 Å². The minimum Gasteiger partial charge on any atom is -0.262 e. The van der Waals surface area contributed by atoms with E-state index in [1.165, 1.54) is 0 Å². The summed E-state index contributed by atoms with van der Waals surface area (Å²) in [6.45, 7) is 0. The van der Waals surface area contributed by atoms with Crippen LogP contribution in [0.15, 0.2) is 5.10 Å². The van der Waals surface area contributed by atoms with Crippen LogP contribution in [-0.2, 0) is 0 Å². The maximum absolute atomic E-state index is 5.57. The number of hydrazone groups is 1. The predicted molar refractivity (Wildman–Crippen MR) is 28.6 cm³/mol. The molecule has 38 valence electrons. The van der Waals surface area contributed by atoms with Crippen molar-refractivity contribution in [3.8, 4) is 0 Å². The molecular weight excluding hydrogens is 135 g/mol. The summed E-state index contributed by atoms with van der Waals surface area (Å²) in [5.74, 6) is 0. The summed E-state index contributed by atoms with van der Waals surface area (Å²) in [4.78, 5) is 0. The summed E-state index contributed by atoms with van der Waals surface area (Å²) >= 11 is 11.0. The van der Waals surface area contributed by atoms with Crippen molar-refractivity contribution in [3.63, 3.8) is 0 Å². The molecule has 0 saturated carbocycles. The lowest BCUT2D eigenvalue weighted by Gasteiger charge is -2.03. The molecule has 1 saturated heterocycles. The molecule has 2 aliphatic rings. The molecule has 0 aromatic heterocycles. The molecule has 0 bridgehead atoms. The van der Waals surface area contributed by atoms with E-state index in [1.807, 2.05) is 0 Å². The minimum atomic E-state index is 0.0764. The van der Waals surface area contributed by atoms with Crippen LogP contribution in [-0.4, -0.2) is 21.7 Å². The Morgan fingerprint density at radius 1 is 1.71 bits per heavy atom. The van der Waals surface area contributed by atoms with Crippen LogP contribution in [0.5, 0.6) is 0 Å². The highest BCUT2D eigenvalue weighted by Crippen LogP contribution is 2.41. The van der Waals surface area contributed by atoms with Crippen LogP contribution in [0, 0.1) is 0 Å². The van der Waals surface area contributed by atoms with Gasteiger partial charge in [-0.05, 0) is 0 Å². The van der Waals surface area contributed by atoms with Crippen LogP contribution >= 0.6 is 23.2 Å². The fraction of sp³-hybridized carbons (Fsp3) is 0.667. The Hall–Kier alpha value is 0.0500. The lowest BCUT2D eigenvalue weighted by molar-refractivity contribution is 0.535. The summed E-state index contributed by atoms with van der Waals surface area (Å²) in [6.07, 6.45) is 0. The third kappa shape index (κ3) is 0.305. The van der Waals surface area contributed by atoms with E-state index in [0.29, 0.717) is 5.17 Å². The van der Waals surface area contributed by atoms with Gasteiger partial charge in [0, 0.05) is 0 Å². The summed E-state index contributed by atoms with van der Waals surface area (Å²) in [5.41, 5.74) is 0.0764. The average molecular weight is 137 g/mol. The highest BCUT2D eigenvalue weighted by molar-refractivity contribution is 6.69. The molecule has 0 radical (unpaired) electrons. The van der Waals surface area contributed by atoms with Crippen LogP contribution in [0.25, 0.3) is 0 Å². The SMILES string of the molecule is ClC1=NN2C(Cl)C12. The van der Waals surface area contributed by atoms with Gasteiger partial charge in [0.25, 0.3) is 0 Å². The zero-order valence-corrected chi connectivity index (χ0v) is 4.82. The number of fused-ring (bicyclic) bond motifs is 1. The third-order valence-electron chi connectivity index (χ3n) is 1.16. The highest BCUT2D eigenvalue weighted by atomic mass is 35.5. The first-order chi connectivity index (χ1) is 3.30. The van der Waals surface area contributed by atoms with Gasteiger partial charge in [-0.15, -0.1) is 0 Å². The zero-order chi connectivity index (χ0) is 5.02. The molecule has 2 nitrogen and oxygen atoms in total. The lowest BCUT2D eigenvalue weighted by atomic mass is 10.5. The van der Waals surface area contributed by atoms with Gasteiger partial charge in [0.15, 0.2) is 5.17 Å². The van der Waals surface area contributed by atoms with E-state index in [1.54, 1.807) is 5.01 Å². The number of hydrogen-bond donors (Lipinski definition) is 0. The van der Waals surface area contributed by atoms with E-state index in [0.717, 1.165) is 0 Å². The van der Waals surface area contributed by atoms with Crippen molar-refractivity contribution < 1.29 is 0 Å². The second-order valence-electron chi connectivity index (χ2n) is 1.62. The van der Waals surface area contributed by atoms with E-state index in [9.17, 15) is 0 Å². The summed E-state index contributed by atoms with van der Waals surface area (Å²) in [7, 11) is 0. The minimum absolute atomic E-state index is 0.0764. The van der Waals surface area contributed by atoms with Crippen molar-refractivity contribution >= 4 is 28.4 Å². The summed E-state index contributed by atoms with van der Waals surface area (Å²) in [5, 5.41) is 6.17. The molecule has 0 aromatic carbocycles. The second kappa shape index (κ2) is 0.906. The van der Waals surface area contributed by atoms with Gasteiger partial charge in [0.2, 0.25) is 0 Å². The fourth-order valence-corrected chi connectivity index (χ4v) is 1.35. The standard InChI is InChI=1S/C3H2Cl2N2/c4-2-1-3(5)7(1)6-2/h1,3H. The second-order valence-corrected chi connectivity index (χ2v) is 2.45. The molecular formula is C3H2Cl2N2. The molecule has 2 rings (SSSR count). The molecule has 1 fully saturated rings. The number of alkyl halides is 1. The Morgan fingerprint density at radius 2 is 2.43 bits per heavy atom. The molecule has 0 aliphatic carbocycles. The van der Waals surface area contributed by atoms with E-state index in [-0.39, 0.29) is 11.5 Å². The van der Waals surface area contributed by atoms with Gasteiger partial charge in [-0.1, -0.05) is 23.2 Å². The van der Waals surface area contributed by atoms with Crippen molar-refractivity contribution in [2.75, 3.05) is 0 Å². The van der Waals surface area contributed by atoms with Crippen LogP contribution in [0.2, 0.25) is 0 Å². The molecule has 2 atom stereocenters. The van der Waals surface area contributed by atoms with E-state index in [2.05, 4.69) is 5.10 Å². The van der Waals surface area contributed by atoms with Gasteiger partial charge in [-0.2, -0.15) is 5.10 Å². The predicted octanol–water partition coefficient (Wildman–Crippen LogP) is 0.801. The Balaban J connectivity index is 2.21. The van der Waals surface area contributed by atoms with Crippen LogP contribution in [0.3, 0.4) is 0 Å². The first kappa shape index (κ1) is 3.98. The van der Waals surface area contributed by atoms with Gasteiger partial charge < -0.3 is 0 Å². The van der Waals surface area contributed by atoms with Gasteiger partial charge in [-0.25, -0.2) is 0 Å². The van der Waals surface area contributed by atoms with Gasteiger partial charge in [0.05, 0.1) is 0 Å². The van der Waals surface area contributed by atoms with E-state index < -0.39 is 0 Å². The molecule has 2 unspecified atom stereocenters.